The van der Waals surface area contributed by atoms with Crippen LogP contribution in [0.3, 0.4) is 0 Å². The molecule has 0 radical (unpaired) electrons. The Hall–Kier alpha value is -0.950. The normalized spacial score (nSPS) is 34.4. The molecule has 17 heavy (non-hydrogen) atoms. The van der Waals surface area contributed by atoms with Crippen LogP contribution in [0.5, 0.6) is 0 Å². The van der Waals surface area contributed by atoms with Crippen molar-refractivity contribution in [1.82, 2.24) is 15.1 Å². The smallest absolute Gasteiger partial charge is 0.0991 e. The maximum Gasteiger partial charge on any atom is 0.0991 e. The summed E-state index contributed by atoms with van der Waals surface area (Å²) in [6.07, 6.45) is 0.00896. The quantitative estimate of drug-likeness (QED) is 0.545. The molecular formula is C11H19N3O3. The summed E-state index contributed by atoms with van der Waals surface area (Å²) in [5.74, 6) is 0. The zero-order valence-corrected chi connectivity index (χ0v) is 10.0. The van der Waals surface area contributed by atoms with Gasteiger partial charge in [-0.2, -0.15) is 5.10 Å². The summed E-state index contributed by atoms with van der Waals surface area (Å²) in [6, 6.07) is -0.606. The van der Waals surface area contributed by atoms with Gasteiger partial charge in [0.25, 0.3) is 0 Å². The number of aliphatic hydroxyl groups excluding tert-OH is 3. The fourth-order valence-corrected chi connectivity index (χ4v) is 2.41. The van der Waals surface area contributed by atoms with Crippen LogP contribution in [0, 0.1) is 6.92 Å². The fraction of sp³-hybridized carbons (Fsp3) is 0.727. The molecule has 2 heterocycles. The first-order valence-electron chi connectivity index (χ1n) is 5.77. The van der Waals surface area contributed by atoms with Crippen LogP contribution in [0.25, 0.3) is 0 Å². The number of aromatic amines is 1. The highest BCUT2D eigenvalue weighted by atomic mass is 16.3. The molecule has 1 aromatic rings. The van der Waals surface area contributed by atoms with Crippen LogP contribution in [-0.4, -0.2) is 61.3 Å². The van der Waals surface area contributed by atoms with E-state index in [4.69, 9.17) is 0 Å². The highest BCUT2D eigenvalue weighted by Crippen LogP contribution is 2.27. The molecule has 96 valence electrons. The van der Waals surface area contributed by atoms with Crippen LogP contribution in [0.2, 0.25) is 0 Å². The Bertz CT molecular complexity index is 382. The minimum absolute atomic E-state index is 0.167. The molecule has 0 amide bonds. The Kier molecular flexibility index (Phi) is 3.48. The highest BCUT2D eigenvalue weighted by Gasteiger charge is 2.44. The molecule has 1 saturated heterocycles. The molecule has 0 aliphatic carbocycles. The van der Waals surface area contributed by atoms with E-state index in [0.29, 0.717) is 6.54 Å². The van der Waals surface area contributed by atoms with Gasteiger partial charge in [-0.3, -0.25) is 10.00 Å². The number of hydrogen-bond acceptors (Lipinski definition) is 5. The van der Waals surface area contributed by atoms with Crippen LogP contribution in [0.15, 0.2) is 6.20 Å². The average molecular weight is 241 g/mol. The van der Waals surface area contributed by atoms with E-state index in [9.17, 15) is 15.3 Å². The second-order valence-electron chi connectivity index (χ2n) is 4.66. The minimum atomic E-state index is -0.901. The summed E-state index contributed by atoms with van der Waals surface area (Å²) >= 11 is 0. The van der Waals surface area contributed by atoms with E-state index in [1.165, 1.54) is 0 Å². The van der Waals surface area contributed by atoms with Gasteiger partial charge in [0.2, 0.25) is 0 Å². The number of aromatic nitrogens is 2. The lowest BCUT2D eigenvalue weighted by atomic mass is 10.1. The van der Waals surface area contributed by atoms with Gasteiger partial charge in [-0.1, -0.05) is 0 Å². The number of hydrogen-bond donors (Lipinski definition) is 4. The van der Waals surface area contributed by atoms with Gasteiger partial charge in [-0.05, 0) is 13.8 Å². The Balaban J connectivity index is 2.16. The van der Waals surface area contributed by atoms with Gasteiger partial charge in [0.1, 0.15) is 0 Å². The zero-order chi connectivity index (χ0) is 12.6. The summed E-state index contributed by atoms with van der Waals surface area (Å²) in [5.41, 5.74) is 1.97. The average Bonchev–Trinajstić information content (AvgIpc) is 2.79. The second kappa shape index (κ2) is 4.73. The molecular weight excluding hydrogens is 222 g/mol. The van der Waals surface area contributed by atoms with E-state index in [1.807, 2.05) is 18.7 Å². The van der Waals surface area contributed by atoms with Crippen LogP contribution >= 0.6 is 0 Å². The van der Waals surface area contributed by atoms with Crippen molar-refractivity contribution in [3.8, 4) is 0 Å². The number of likely N-dealkylation sites (tertiary alicyclic amines) is 1. The third-order valence-corrected chi connectivity index (χ3v) is 3.66. The highest BCUT2D eigenvalue weighted by molar-refractivity contribution is 5.15. The number of nitrogens with zero attached hydrogens (tertiary/aromatic N) is 2. The van der Waals surface area contributed by atoms with Crippen molar-refractivity contribution >= 4 is 0 Å². The molecule has 1 fully saturated rings. The van der Waals surface area contributed by atoms with Gasteiger partial charge in [0.15, 0.2) is 0 Å². The number of aliphatic hydroxyl groups is 3. The summed E-state index contributed by atoms with van der Waals surface area (Å²) < 4.78 is 0. The van der Waals surface area contributed by atoms with E-state index >= 15 is 0 Å². The summed E-state index contributed by atoms with van der Waals surface area (Å²) in [7, 11) is 0. The van der Waals surface area contributed by atoms with Crippen LogP contribution in [0.4, 0.5) is 0 Å². The molecule has 6 heteroatoms. The van der Waals surface area contributed by atoms with Gasteiger partial charge in [-0.25, -0.2) is 0 Å². The molecule has 4 atom stereocenters. The Morgan fingerprint density at radius 1 is 1.41 bits per heavy atom. The molecule has 4 N–H and O–H groups in total. The summed E-state index contributed by atoms with van der Waals surface area (Å²) in [4.78, 5) is 1.91. The van der Waals surface area contributed by atoms with Crippen LogP contribution in [0.1, 0.15) is 18.2 Å². The Morgan fingerprint density at radius 2 is 2.12 bits per heavy atom. The Labute approximate surface area is 99.9 Å². The van der Waals surface area contributed by atoms with E-state index < -0.39 is 18.2 Å². The molecule has 1 aliphatic heterocycles. The number of rotatable bonds is 3. The van der Waals surface area contributed by atoms with Crippen molar-refractivity contribution in [2.75, 3.05) is 6.61 Å². The first-order chi connectivity index (χ1) is 8.06. The van der Waals surface area contributed by atoms with Crippen molar-refractivity contribution in [3.63, 3.8) is 0 Å². The second-order valence-corrected chi connectivity index (χ2v) is 4.66. The van der Waals surface area contributed by atoms with E-state index in [1.54, 1.807) is 6.20 Å². The zero-order valence-electron chi connectivity index (χ0n) is 10.0. The molecule has 2 rings (SSSR count). The van der Waals surface area contributed by atoms with E-state index in [2.05, 4.69) is 10.2 Å². The lowest BCUT2D eigenvalue weighted by molar-refractivity contribution is 0.0186. The third kappa shape index (κ3) is 2.09. The van der Waals surface area contributed by atoms with Crippen molar-refractivity contribution in [2.24, 2.45) is 0 Å². The first-order valence-corrected chi connectivity index (χ1v) is 5.77. The molecule has 0 aromatic carbocycles. The number of H-pyrrole nitrogens is 1. The van der Waals surface area contributed by atoms with Crippen LogP contribution in [-0.2, 0) is 6.54 Å². The Morgan fingerprint density at radius 3 is 2.65 bits per heavy atom. The predicted octanol–water partition coefficient (Wildman–Crippen LogP) is -0.995. The van der Waals surface area contributed by atoms with Gasteiger partial charge >= 0.3 is 0 Å². The SMILES string of the molecule is Cc1[nH]ncc1CN1[C@H](CO)[C@@H](O)[C@@H](O)[C@@H]1C. The maximum absolute atomic E-state index is 9.82. The predicted molar refractivity (Wildman–Crippen MR) is 61.2 cm³/mol. The fourth-order valence-electron chi connectivity index (χ4n) is 2.41. The summed E-state index contributed by atoms with van der Waals surface area (Å²) in [6.45, 7) is 4.16. The molecule has 0 bridgehead atoms. The lowest BCUT2D eigenvalue weighted by Gasteiger charge is -2.27. The third-order valence-electron chi connectivity index (χ3n) is 3.66. The maximum atomic E-state index is 9.82. The van der Waals surface area contributed by atoms with Crippen molar-refractivity contribution in [3.05, 3.63) is 17.5 Å². The van der Waals surface area contributed by atoms with Crippen molar-refractivity contribution in [1.29, 1.82) is 0 Å². The standard InChI is InChI=1S/C11H19N3O3/c1-6-8(3-12-13-6)4-14-7(2)10(16)11(17)9(14)5-15/h3,7,9-11,15-17H,4-5H2,1-2H3,(H,12,13)/t7-,9+,10-,11+/m0/s1. The van der Waals surface area contributed by atoms with Gasteiger partial charge in [-0.15, -0.1) is 0 Å². The lowest BCUT2D eigenvalue weighted by Crippen LogP contribution is -2.40. The molecule has 1 aliphatic rings. The monoisotopic (exact) mass is 241 g/mol. The molecule has 6 nitrogen and oxygen atoms in total. The van der Waals surface area contributed by atoms with Gasteiger partial charge < -0.3 is 15.3 Å². The number of nitrogens with one attached hydrogen (secondary N) is 1. The summed E-state index contributed by atoms with van der Waals surface area (Å²) in [5, 5.41) is 35.7. The van der Waals surface area contributed by atoms with Crippen LogP contribution < -0.4 is 0 Å². The largest absolute Gasteiger partial charge is 0.395 e. The molecule has 0 saturated carbocycles. The van der Waals surface area contributed by atoms with Crippen molar-refractivity contribution < 1.29 is 15.3 Å². The van der Waals surface area contributed by atoms with Gasteiger partial charge in [0, 0.05) is 23.8 Å². The topological polar surface area (TPSA) is 92.6 Å². The first kappa shape index (κ1) is 12.5. The van der Waals surface area contributed by atoms with Gasteiger partial charge in [0.05, 0.1) is 31.1 Å². The molecule has 0 unspecified atom stereocenters. The molecule has 1 aromatic heterocycles. The molecule has 0 spiro atoms. The van der Waals surface area contributed by atoms with Crippen molar-refractivity contribution in [2.45, 2.75) is 44.7 Å². The van der Waals surface area contributed by atoms with E-state index in [-0.39, 0.29) is 12.6 Å². The van der Waals surface area contributed by atoms with E-state index in [0.717, 1.165) is 11.3 Å². The number of aryl methyl sites for hydroxylation is 1. The minimum Gasteiger partial charge on any atom is -0.395 e.